The zero-order valence-corrected chi connectivity index (χ0v) is 20.4. The Morgan fingerprint density at radius 3 is 2.39 bits per heavy atom. The minimum absolute atomic E-state index is 0.125. The highest BCUT2D eigenvalue weighted by atomic mass is 19.1. The van der Waals surface area contributed by atoms with Crippen molar-refractivity contribution in [1.29, 1.82) is 0 Å². The Bertz CT molecular complexity index is 1610. The van der Waals surface area contributed by atoms with Crippen LogP contribution in [0, 0.1) is 19.7 Å². The molecule has 0 bridgehead atoms. The molecule has 0 radical (unpaired) electrons. The molecule has 4 N–H and O–H groups in total. The fraction of sp³-hybridized carbons (Fsp3) is 0.172. The lowest BCUT2D eigenvalue weighted by Crippen LogP contribution is -2.26. The van der Waals surface area contributed by atoms with Gasteiger partial charge in [0.1, 0.15) is 11.5 Å². The van der Waals surface area contributed by atoms with Gasteiger partial charge in [0.15, 0.2) is 0 Å². The van der Waals surface area contributed by atoms with E-state index in [2.05, 4.69) is 20.6 Å². The topological polar surface area (TPSA) is 89.8 Å². The summed E-state index contributed by atoms with van der Waals surface area (Å²) in [6.07, 6.45) is 0.596. The quantitative estimate of drug-likeness (QED) is 0.261. The largest absolute Gasteiger partial charge is 0.356 e. The summed E-state index contributed by atoms with van der Waals surface area (Å²) in [7, 11) is 1.61. The van der Waals surface area contributed by atoms with Crippen molar-refractivity contribution in [1.82, 2.24) is 20.6 Å². The summed E-state index contributed by atoms with van der Waals surface area (Å²) in [5.41, 5.74) is 7.38. The summed E-state index contributed by atoms with van der Waals surface area (Å²) in [6.45, 7) is 4.32. The van der Waals surface area contributed by atoms with Gasteiger partial charge in [0.2, 0.25) is 0 Å². The Kier molecular flexibility index (Phi) is 6.06. The second-order valence-corrected chi connectivity index (χ2v) is 8.99. The van der Waals surface area contributed by atoms with Gasteiger partial charge in [0.05, 0.1) is 5.52 Å². The van der Waals surface area contributed by atoms with E-state index in [-0.39, 0.29) is 17.6 Å². The molecule has 0 unspecified atom stereocenters. The van der Waals surface area contributed by atoms with Gasteiger partial charge in [-0.1, -0.05) is 24.3 Å². The first-order valence-electron chi connectivity index (χ1n) is 11.9. The molecule has 0 spiro atoms. The number of fused-ring (bicyclic) bond motifs is 2. The molecule has 36 heavy (non-hydrogen) atoms. The SMILES string of the molecule is CNC(=O)c1ccc(-c2ccc3[nH]c(C(=O)NCCc4c(C)[nH]c5c(F)ccc(C)c45)cc3c2)cc1. The fourth-order valence-corrected chi connectivity index (χ4v) is 4.74. The molecule has 0 aliphatic rings. The van der Waals surface area contributed by atoms with Crippen molar-refractivity contribution < 1.29 is 14.0 Å². The first kappa shape index (κ1) is 23.4. The van der Waals surface area contributed by atoms with Crippen LogP contribution in [-0.2, 0) is 6.42 Å². The van der Waals surface area contributed by atoms with Gasteiger partial charge in [-0.25, -0.2) is 4.39 Å². The van der Waals surface area contributed by atoms with Gasteiger partial charge in [-0.3, -0.25) is 9.59 Å². The van der Waals surface area contributed by atoms with E-state index < -0.39 is 0 Å². The monoisotopic (exact) mass is 482 g/mol. The molecule has 0 aliphatic heterocycles. The van der Waals surface area contributed by atoms with E-state index in [1.165, 1.54) is 6.07 Å². The normalized spacial score (nSPS) is 11.2. The lowest BCUT2D eigenvalue weighted by atomic mass is 10.0. The number of nitrogens with one attached hydrogen (secondary N) is 4. The number of hydrogen-bond acceptors (Lipinski definition) is 2. The maximum absolute atomic E-state index is 14.2. The van der Waals surface area contributed by atoms with Crippen molar-refractivity contribution in [3.63, 3.8) is 0 Å². The third-order valence-corrected chi connectivity index (χ3v) is 6.66. The van der Waals surface area contributed by atoms with E-state index in [9.17, 15) is 14.0 Å². The van der Waals surface area contributed by atoms with Crippen LogP contribution in [0.5, 0.6) is 0 Å². The smallest absolute Gasteiger partial charge is 0.267 e. The lowest BCUT2D eigenvalue weighted by Gasteiger charge is -2.06. The highest BCUT2D eigenvalue weighted by Gasteiger charge is 2.15. The zero-order valence-electron chi connectivity index (χ0n) is 20.4. The predicted molar refractivity (Wildman–Crippen MR) is 141 cm³/mol. The number of rotatable bonds is 6. The number of aryl methyl sites for hydroxylation is 2. The molecule has 2 heterocycles. The Balaban J connectivity index is 1.30. The van der Waals surface area contributed by atoms with E-state index in [0.717, 1.165) is 44.2 Å². The number of benzene rings is 3. The minimum atomic E-state index is -0.270. The Morgan fingerprint density at radius 1 is 0.889 bits per heavy atom. The molecule has 0 saturated carbocycles. The fourth-order valence-electron chi connectivity index (χ4n) is 4.74. The molecular formula is C29H27FN4O2. The second-order valence-electron chi connectivity index (χ2n) is 8.99. The van der Waals surface area contributed by atoms with Gasteiger partial charge in [-0.05, 0) is 78.9 Å². The van der Waals surface area contributed by atoms with Crippen molar-refractivity contribution in [3.8, 4) is 11.1 Å². The number of hydrogen-bond donors (Lipinski definition) is 4. The summed E-state index contributed by atoms with van der Waals surface area (Å²) >= 11 is 0. The maximum atomic E-state index is 14.2. The number of carbonyl (C=O) groups is 2. The number of H-pyrrole nitrogens is 2. The summed E-state index contributed by atoms with van der Waals surface area (Å²) in [5, 5.41) is 7.41. The zero-order chi connectivity index (χ0) is 25.4. The standard InChI is InChI=1S/C29H27FN4O2/c1-16-4-10-23(30)27-26(16)22(17(2)33-27)12-13-32-29(36)25-15-21-14-20(9-11-24(21)34-25)18-5-7-19(8-6-18)28(35)31-3/h4-11,14-15,33-34H,12-13H2,1-3H3,(H,31,35)(H,32,36). The molecular weight excluding hydrogens is 455 g/mol. The Hall–Kier alpha value is -4.39. The van der Waals surface area contributed by atoms with Crippen LogP contribution in [0.25, 0.3) is 32.9 Å². The van der Waals surface area contributed by atoms with Crippen LogP contribution in [0.4, 0.5) is 4.39 Å². The predicted octanol–water partition coefficient (Wildman–Crippen LogP) is 5.40. The van der Waals surface area contributed by atoms with Crippen molar-refractivity contribution >= 4 is 33.6 Å². The van der Waals surface area contributed by atoms with Crippen molar-refractivity contribution in [3.05, 3.63) is 94.6 Å². The van der Waals surface area contributed by atoms with Gasteiger partial charge < -0.3 is 20.6 Å². The van der Waals surface area contributed by atoms with Gasteiger partial charge in [-0.15, -0.1) is 0 Å². The summed E-state index contributed by atoms with van der Waals surface area (Å²) in [6, 6.07) is 18.4. The molecule has 0 saturated heterocycles. The average molecular weight is 483 g/mol. The van der Waals surface area contributed by atoms with Crippen LogP contribution >= 0.6 is 0 Å². The molecule has 5 rings (SSSR count). The molecule has 0 atom stereocenters. The Morgan fingerprint density at radius 2 is 1.64 bits per heavy atom. The lowest BCUT2D eigenvalue weighted by molar-refractivity contribution is 0.0946. The molecule has 2 aromatic heterocycles. The number of carbonyl (C=O) groups excluding carboxylic acids is 2. The average Bonchev–Trinajstić information content (AvgIpc) is 3.47. The van der Waals surface area contributed by atoms with Crippen LogP contribution in [-0.4, -0.2) is 35.4 Å². The number of amides is 2. The second kappa shape index (κ2) is 9.34. The summed E-state index contributed by atoms with van der Waals surface area (Å²) in [5.74, 6) is -0.586. The van der Waals surface area contributed by atoms with Gasteiger partial charge >= 0.3 is 0 Å². The van der Waals surface area contributed by atoms with Crippen LogP contribution in [0.1, 0.15) is 37.7 Å². The third kappa shape index (κ3) is 4.24. The molecule has 3 aromatic carbocycles. The highest BCUT2D eigenvalue weighted by molar-refractivity contribution is 5.99. The van der Waals surface area contributed by atoms with Crippen molar-refractivity contribution in [2.75, 3.05) is 13.6 Å². The molecule has 7 heteroatoms. The van der Waals surface area contributed by atoms with E-state index in [4.69, 9.17) is 0 Å². The van der Waals surface area contributed by atoms with Crippen molar-refractivity contribution in [2.24, 2.45) is 0 Å². The molecule has 0 fully saturated rings. The van der Waals surface area contributed by atoms with E-state index in [1.54, 1.807) is 25.2 Å². The minimum Gasteiger partial charge on any atom is -0.356 e. The first-order valence-corrected chi connectivity index (χ1v) is 11.9. The molecule has 5 aromatic rings. The summed E-state index contributed by atoms with van der Waals surface area (Å²) < 4.78 is 14.2. The van der Waals surface area contributed by atoms with Crippen molar-refractivity contribution in [2.45, 2.75) is 20.3 Å². The molecule has 6 nitrogen and oxygen atoms in total. The van der Waals surface area contributed by atoms with Crippen LogP contribution in [0.15, 0.2) is 60.7 Å². The van der Waals surface area contributed by atoms with Gasteiger partial charge in [0.25, 0.3) is 11.8 Å². The molecule has 2 amide bonds. The van der Waals surface area contributed by atoms with E-state index in [1.807, 2.05) is 50.2 Å². The van der Waals surface area contributed by atoms with E-state index >= 15 is 0 Å². The third-order valence-electron chi connectivity index (χ3n) is 6.66. The van der Waals surface area contributed by atoms with E-state index in [0.29, 0.717) is 29.7 Å². The van der Waals surface area contributed by atoms with Gasteiger partial charge in [-0.2, -0.15) is 0 Å². The Labute approximate surface area is 207 Å². The van der Waals surface area contributed by atoms with Gasteiger partial charge in [0, 0.05) is 41.1 Å². The van der Waals surface area contributed by atoms with Crippen LogP contribution < -0.4 is 10.6 Å². The molecule has 182 valence electrons. The number of halogens is 1. The maximum Gasteiger partial charge on any atom is 0.267 e. The number of aromatic amines is 2. The van der Waals surface area contributed by atoms with Crippen LogP contribution in [0.2, 0.25) is 0 Å². The van der Waals surface area contributed by atoms with Crippen LogP contribution in [0.3, 0.4) is 0 Å². The molecule has 0 aliphatic carbocycles. The number of aromatic nitrogens is 2. The highest BCUT2D eigenvalue weighted by Crippen LogP contribution is 2.28. The summed E-state index contributed by atoms with van der Waals surface area (Å²) in [4.78, 5) is 31.0. The first-order chi connectivity index (χ1) is 17.4.